The van der Waals surface area contributed by atoms with Crippen molar-refractivity contribution in [3.63, 3.8) is 0 Å². The molecule has 0 unspecified atom stereocenters. The number of fused-ring (bicyclic) bond motifs is 1. The Labute approximate surface area is 152 Å². The number of aliphatic hydroxyl groups is 1. The van der Waals surface area contributed by atoms with Gasteiger partial charge in [-0.2, -0.15) is 0 Å². The Kier molecular flexibility index (Phi) is 4.63. The molecule has 2 N–H and O–H groups in total. The van der Waals surface area contributed by atoms with E-state index in [0.29, 0.717) is 18.7 Å². The van der Waals surface area contributed by atoms with Gasteiger partial charge in [-0.25, -0.2) is 4.98 Å². The van der Waals surface area contributed by atoms with Crippen LogP contribution >= 0.6 is 0 Å². The first kappa shape index (κ1) is 17.0. The second-order valence-electron chi connectivity index (χ2n) is 7.26. The maximum Gasteiger partial charge on any atom is 0.273 e. The summed E-state index contributed by atoms with van der Waals surface area (Å²) >= 11 is 0. The van der Waals surface area contributed by atoms with Gasteiger partial charge < -0.3 is 19.8 Å². The Balaban J connectivity index is 1.40. The van der Waals surface area contributed by atoms with Crippen LogP contribution in [0.25, 0.3) is 0 Å². The van der Waals surface area contributed by atoms with Gasteiger partial charge in [-0.1, -0.05) is 11.2 Å². The van der Waals surface area contributed by atoms with Crippen LogP contribution in [-0.2, 0) is 12.8 Å². The summed E-state index contributed by atoms with van der Waals surface area (Å²) in [6.45, 7) is 1.49. The lowest BCUT2D eigenvalue weighted by atomic mass is 9.92. The van der Waals surface area contributed by atoms with Crippen molar-refractivity contribution in [2.45, 2.75) is 44.1 Å². The number of nitrogens with one attached hydrogen (secondary N) is 1. The van der Waals surface area contributed by atoms with Crippen molar-refractivity contribution in [2.75, 3.05) is 24.5 Å². The van der Waals surface area contributed by atoms with Crippen molar-refractivity contribution in [3.05, 3.63) is 41.4 Å². The molecule has 3 heterocycles. The zero-order chi connectivity index (χ0) is 18.0. The zero-order valence-electron chi connectivity index (χ0n) is 14.8. The molecule has 1 saturated heterocycles. The van der Waals surface area contributed by atoms with Crippen molar-refractivity contribution in [1.29, 1.82) is 0 Å². The molecule has 2 aromatic rings. The molecule has 7 heteroatoms. The Morgan fingerprint density at radius 2 is 2.19 bits per heavy atom. The molecule has 7 nitrogen and oxygen atoms in total. The normalized spacial score (nSPS) is 22.7. The first-order chi connectivity index (χ1) is 12.6. The van der Waals surface area contributed by atoms with Crippen LogP contribution in [0.2, 0.25) is 0 Å². The lowest BCUT2D eigenvalue weighted by Crippen LogP contribution is -2.54. The summed E-state index contributed by atoms with van der Waals surface area (Å²) in [4.78, 5) is 19.0. The highest BCUT2D eigenvalue weighted by atomic mass is 16.5. The molecule has 4 rings (SSSR count). The maximum absolute atomic E-state index is 12.5. The molecule has 2 aliphatic rings. The molecule has 1 fully saturated rings. The van der Waals surface area contributed by atoms with Gasteiger partial charge in [-0.05, 0) is 44.2 Å². The van der Waals surface area contributed by atoms with Gasteiger partial charge >= 0.3 is 0 Å². The van der Waals surface area contributed by atoms with E-state index in [0.717, 1.165) is 55.8 Å². The number of carbonyl (C=O) groups is 1. The highest BCUT2D eigenvalue weighted by molar-refractivity contribution is 5.93. The van der Waals surface area contributed by atoms with Crippen LogP contribution in [0, 0.1) is 0 Å². The Morgan fingerprint density at radius 3 is 3.04 bits per heavy atom. The van der Waals surface area contributed by atoms with Crippen LogP contribution in [0.15, 0.2) is 28.9 Å². The number of hydrogen-bond acceptors (Lipinski definition) is 6. The molecule has 0 aromatic carbocycles. The number of anilines is 1. The molecule has 26 heavy (non-hydrogen) atoms. The lowest BCUT2D eigenvalue weighted by molar-refractivity contribution is 0.0253. The number of pyridine rings is 1. The van der Waals surface area contributed by atoms with E-state index in [2.05, 4.69) is 20.4 Å². The minimum absolute atomic E-state index is 0.191. The summed E-state index contributed by atoms with van der Waals surface area (Å²) in [6, 6.07) is 5.75. The van der Waals surface area contributed by atoms with Crippen LogP contribution in [-0.4, -0.2) is 46.4 Å². The topological polar surface area (TPSA) is 91.5 Å². The fourth-order valence-electron chi connectivity index (χ4n) is 3.88. The zero-order valence-corrected chi connectivity index (χ0v) is 14.8. The van der Waals surface area contributed by atoms with Gasteiger partial charge in [-0.15, -0.1) is 0 Å². The molecule has 1 aliphatic heterocycles. The van der Waals surface area contributed by atoms with E-state index in [1.54, 1.807) is 6.20 Å². The first-order valence-electron chi connectivity index (χ1n) is 9.29. The molecule has 0 radical (unpaired) electrons. The minimum Gasteiger partial charge on any atom is -0.386 e. The highest BCUT2D eigenvalue weighted by Crippen LogP contribution is 2.26. The van der Waals surface area contributed by atoms with Crippen LogP contribution in [0.1, 0.15) is 47.5 Å². The summed E-state index contributed by atoms with van der Waals surface area (Å²) in [5.41, 5.74) is 0.329. The molecule has 0 saturated carbocycles. The van der Waals surface area contributed by atoms with Crippen molar-refractivity contribution in [3.8, 4) is 0 Å². The molecule has 138 valence electrons. The molecule has 2 aromatic heterocycles. The Morgan fingerprint density at radius 1 is 1.31 bits per heavy atom. The van der Waals surface area contributed by atoms with Crippen LogP contribution in [0.4, 0.5) is 5.82 Å². The predicted octanol–water partition coefficient (Wildman–Crippen LogP) is 1.71. The van der Waals surface area contributed by atoms with Gasteiger partial charge in [-0.3, -0.25) is 4.79 Å². The molecular weight excluding hydrogens is 332 g/mol. The number of aryl methyl sites for hydroxylation is 1. The van der Waals surface area contributed by atoms with E-state index in [1.165, 1.54) is 0 Å². The Bertz CT molecular complexity index is 776. The highest BCUT2D eigenvalue weighted by Gasteiger charge is 2.35. The maximum atomic E-state index is 12.5. The summed E-state index contributed by atoms with van der Waals surface area (Å²) in [6.07, 6.45) is 7.05. The van der Waals surface area contributed by atoms with E-state index >= 15 is 0 Å². The number of rotatable bonds is 4. The van der Waals surface area contributed by atoms with E-state index in [9.17, 15) is 9.90 Å². The second-order valence-corrected chi connectivity index (χ2v) is 7.26. The molecule has 0 spiro atoms. The fourth-order valence-corrected chi connectivity index (χ4v) is 3.88. The van der Waals surface area contributed by atoms with E-state index in [4.69, 9.17) is 4.52 Å². The third-order valence-electron chi connectivity index (χ3n) is 5.27. The number of aromatic nitrogens is 2. The fraction of sp³-hybridized carbons (Fsp3) is 0.526. The number of hydrogen-bond donors (Lipinski definition) is 2. The van der Waals surface area contributed by atoms with E-state index in [-0.39, 0.29) is 12.5 Å². The number of nitrogens with zero attached hydrogens (tertiary/aromatic N) is 3. The second kappa shape index (κ2) is 7.07. The van der Waals surface area contributed by atoms with Crippen LogP contribution in [0.3, 0.4) is 0 Å². The monoisotopic (exact) mass is 356 g/mol. The number of carbonyl (C=O) groups excluding carboxylic acids is 1. The molecule has 0 bridgehead atoms. The SMILES string of the molecule is O=C(NC[C@@]1(O)CCCN(c2ccccn2)C1)c1noc2c1CCCC2. The van der Waals surface area contributed by atoms with Crippen molar-refractivity contribution < 1.29 is 14.4 Å². The van der Waals surface area contributed by atoms with Gasteiger partial charge in [0.2, 0.25) is 0 Å². The van der Waals surface area contributed by atoms with E-state index < -0.39 is 5.60 Å². The standard InChI is InChI=1S/C19H24N4O3/c24-18(17-14-6-1-2-7-15(14)26-22-17)21-12-19(25)9-5-11-23(13-19)16-8-3-4-10-20-16/h3-4,8,10,25H,1-2,5-7,9,11-13H2,(H,21,24)/t19-/m0/s1. The number of piperidine rings is 1. The lowest BCUT2D eigenvalue weighted by Gasteiger charge is -2.39. The largest absolute Gasteiger partial charge is 0.386 e. The van der Waals surface area contributed by atoms with Gasteiger partial charge in [0.25, 0.3) is 5.91 Å². The van der Waals surface area contributed by atoms with Crippen molar-refractivity contribution >= 4 is 11.7 Å². The molecule has 1 aliphatic carbocycles. The first-order valence-corrected chi connectivity index (χ1v) is 9.29. The summed E-state index contributed by atoms with van der Waals surface area (Å²) in [5.74, 6) is 1.42. The Hall–Kier alpha value is -2.41. The van der Waals surface area contributed by atoms with Gasteiger partial charge in [0, 0.05) is 37.8 Å². The number of β-amino-alcohol motifs (C(OH)–C–C–N with tert-alkyl or cyclic N) is 1. The average molecular weight is 356 g/mol. The minimum atomic E-state index is -0.977. The van der Waals surface area contributed by atoms with Crippen molar-refractivity contribution in [1.82, 2.24) is 15.5 Å². The van der Waals surface area contributed by atoms with Gasteiger partial charge in [0.05, 0.1) is 5.60 Å². The van der Waals surface area contributed by atoms with Crippen LogP contribution < -0.4 is 10.2 Å². The number of amides is 1. The molecular formula is C19H24N4O3. The van der Waals surface area contributed by atoms with Crippen molar-refractivity contribution in [2.24, 2.45) is 0 Å². The molecule has 1 atom stereocenters. The average Bonchev–Trinajstić information content (AvgIpc) is 3.11. The van der Waals surface area contributed by atoms with E-state index in [1.807, 2.05) is 18.2 Å². The van der Waals surface area contributed by atoms with Crippen LogP contribution in [0.5, 0.6) is 0 Å². The summed E-state index contributed by atoms with van der Waals surface area (Å²) in [5, 5.41) is 17.8. The predicted molar refractivity (Wildman–Crippen MR) is 96.1 cm³/mol. The molecule has 1 amide bonds. The van der Waals surface area contributed by atoms with Gasteiger partial charge in [0.1, 0.15) is 11.6 Å². The smallest absolute Gasteiger partial charge is 0.273 e. The quantitative estimate of drug-likeness (QED) is 0.867. The van der Waals surface area contributed by atoms with Gasteiger partial charge in [0.15, 0.2) is 5.69 Å². The third-order valence-corrected chi connectivity index (χ3v) is 5.27. The third kappa shape index (κ3) is 3.44. The summed E-state index contributed by atoms with van der Waals surface area (Å²) in [7, 11) is 0. The summed E-state index contributed by atoms with van der Waals surface area (Å²) < 4.78 is 5.31.